The van der Waals surface area contributed by atoms with Gasteiger partial charge in [-0.2, -0.15) is 0 Å². The summed E-state index contributed by atoms with van der Waals surface area (Å²) in [6, 6.07) is 7.78. The maximum atomic E-state index is 5.89. The highest BCUT2D eigenvalue weighted by Gasteiger charge is 2.10. The maximum absolute atomic E-state index is 5.89. The molecule has 1 N–H and O–H groups in total. The minimum absolute atomic E-state index is 0.0389. The molecule has 0 aliphatic heterocycles. The molecule has 0 bridgehead atoms. The molecule has 0 saturated heterocycles. The highest BCUT2D eigenvalue weighted by molar-refractivity contribution is 6.30. The van der Waals surface area contributed by atoms with E-state index in [1.165, 1.54) is 0 Å². The molecule has 4 heteroatoms. The van der Waals surface area contributed by atoms with Crippen LogP contribution in [0.5, 0.6) is 0 Å². The normalized spacial score (nSPS) is 12.6. The number of nitrogens with one attached hydrogen (secondary N) is 1. The molecule has 19 heavy (non-hydrogen) atoms. The first kappa shape index (κ1) is 16.4. The Morgan fingerprint density at radius 1 is 1.16 bits per heavy atom. The number of benzene rings is 1. The van der Waals surface area contributed by atoms with Gasteiger partial charge in [0.2, 0.25) is 0 Å². The Morgan fingerprint density at radius 3 is 2.53 bits per heavy atom. The first-order valence-corrected chi connectivity index (χ1v) is 7.25. The van der Waals surface area contributed by atoms with Crippen LogP contribution in [-0.2, 0) is 9.47 Å². The summed E-state index contributed by atoms with van der Waals surface area (Å²) in [6.07, 6.45) is 2.31. The van der Waals surface area contributed by atoms with Gasteiger partial charge in [0.05, 0.1) is 19.3 Å². The molecule has 1 atom stereocenters. The van der Waals surface area contributed by atoms with Crippen molar-refractivity contribution in [2.45, 2.75) is 25.9 Å². The molecule has 3 nitrogen and oxygen atoms in total. The van der Waals surface area contributed by atoms with Gasteiger partial charge in [0.25, 0.3) is 0 Å². The molecular formula is C15H24ClNO2. The van der Waals surface area contributed by atoms with Crippen LogP contribution < -0.4 is 5.32 Å². The lowest BCUT2D eigenvalue weighted by atomic mass is 10.1. The number of ether oxygens (including phenoxy) is 2. The van der Waals surface area contributed by atoms with Gasteiger partial charge >= 0.3 is 0 Å². The Morgan fingerprint density at radius 2 is 1.89 bits per heavy atom. The monoisotopic (exact) mass is 285 g/mol. The van der Waals surface area contributed by atoms with E-state index in [0.717, 1.165) is 36.6 Å². The van der Waals surface area contributed by atoms with Crippen LogP contribution in [0, 0.1) is 0 Å². The predicted octanol–water partition coefficient (Wildman–Crippen LogP) is 3.43. The molecular weight excluding hydrogens is 262 g/mol. The molecule has 0 saturated carbocycles. The lowest BCUT2D eigenvalue weighted by Crippen LogP contribution is -2.21. The minimum atomic E-state index is 0.0389. The highest BCUT2D eigenvalue weighted by Crippen LogP contribution is 2.19. The average Bonchev–Trinajstić information content (AvgIpc) is 2.42. The van der Waals surface area contributed by atoms with E-state index in [-0.39, 0.29) is 6.10 Å². The van der Waals surface area contributed by atoms with E-state index in [9.17, 15) is 0 Å². The van der Waals surface area contributed by atoms with Gasteiger partial charge < -0.3 is 14.8 Å². The largest absolute Gasteiger partial charge is 0.379 e. The van der Waals surface area contributed by atoms with E-state index in [0.29, 0.717) is 13.2 Å². The summed E-state index contributed by atoms with van der Waals surface area (Å²) >= 11 is 5.89. The van der Waals surface area contributed by atoms with Gasteiger partial charge in [-0.1, -0.05) is 37.1 Å². The first-order valence-electron chi connectivity index (χ1n) is 6.87. The van der Waals surface area contributed by atoms with E-state index in [1.807, 2.05) is 31.3 Å². The van der Waals surface area contributed by atoms with Crippen molar-refractivity contribution in [2.24, 2.45) is 0 Å². The molecule has 0 fully saturated rings. The fraction of sp³-hybridized carbons (Fsp3) is 0.600. The van der Waals surface area contributed by atoms with Gasteiger partial charge in [-0.3, -0.25) is 0 Å². The Kier molecular flexibility index (Phi) is 8.84. The third-order valence-electron chi connectivity index (χ3n) is 2.82. The van der Waals surface area contributed by atoms with Gasteiger partial charge in [0.1, 0.15) is 0 Å². The topological polar surface area (TPSA) is 30.5 Å². The molecule has 1 rings (SSSR count). The number of likely N-dealkylation sites (N-methyl/N-ethyl adjacent to an activating group) is 1. The zero-order chi connectivity index (χ0) is 13.9. The van der Waals surface area contributed by atoms with Crippen LogP contribution >= 0.6 is 11.6 Å². The quantitative estimate of drug-likeness (QED) is 0.668. The molecule has 0 aliphatic rings. The molecule has 108 valence electrons. The lowest BCUT2D eigenvalue weighted by Gasteiger charge is -2.18. The second-order valence-electron chi connectivity index (χ2n) is 4.43. The molecule has 1 aromatic rings. The molecule has 0 aliphatic carbocycles. The van der Waals surface area contributed by atoms with Crippen molar-refractivity contribution in [1.82, 2.24) is 5.32 Å². The van der Waals surface area contributed by atoms with Crippen LogP contribution in [0.2, 0.25) is 5.02 Å². The summed E-state index contributed by atoms with van der Waals surface area (Å²) in [4.78, 5) is 0. The molecule has 1 unspecified atom stereocenters. The Balaban J connectivity index is 2.34. The maximum Gasteiger partial charge on any atom is 0.0950 e. The summed E-state index contributed by atoms with van der Waals surface area (Å²) in [5, 5.41) is 3.89. The predicted molar refractivity (Wildman–Crippen MR) is 79.8 cm³/mol. The molecule has 0 aromatic heterocycles. The number of hydrogen-bond donors (Lipinski definition) is 1. The zero-order valence-corrected chi connectivity index (χ0v) is 12.6. The number of halogens is 1. The van der Waals surface area contributed by atoms with Gasteiger partial charge in [0, 0.05) is 18.2 Å². The van der Waals surface area contributed by atoms with Crippen molar-refractivity contribution >= 4 is 11.6 Å². The van der Waals surface area contributed by atoms with E-state index < -0.39 is 0 Å². The van der Waals surface area contributed by atoms with Gasteiger partial charge in [0.15, 0.2) is 0 Å². The van der Waals surface area contributed by atoms with Gasteiger partial charge in [-0.15, -0.1) is 0 Å². The minimum Gasteiger partial charge on any atom is -0.379 e. The molecule has 0 amide bonds. The summed E-state index contributed by atoms with van der Waals surface area (Å²) in [5.74, 6) is 0. The highest BCUT2D eigenvalue weighted by atomic mass is 35.5. The van der Waals surface area contributed by atoms with E-state index in [2.05, 4.69) is 12.2 Å². The van der Waals surface area contributed by atoms with E-state index in [1.54, 1.807) is 0 Å². The summed E-state index contributed by atoms with van der Waals surface area (Å²) < 4.78 is 11.3. The van der Waals surface area contributed by atoms with Crippen molar-refractivity contribution in [1.29, 1.82) is 0 Å². The van der Waals surface area contributed by atoms with Gasteiger partial charge in [-0.05, 0) is 31.2 Å². The van der Waals surface area contributed by atoms with Crippen LogP contribution in [0.3, 0.4) is 0 Å². The third-order valence-corrected chi connectivity index (χ3v) is 3.07. The fourth-order valence-electron chi connectivity index (χ4n) is 1.73. The standard InChI is InChI=1S/C15H24ClNO2/c1-3-4-9-18-10-11-19-15(12-17-2)13-5-7-14(16)8-6-13/h5-8,15,17H,3-4,9-12H2,1-2H3. The number of hydrogen-bond acceptors (Lipinski definition) is 3. The fourth-order valence-corrected chi connectivity index (χ4v) is 1.86. The molecule has 0 radical (unpaired) electrons. The Labute approximate surface area is 121 Å². The first-order chi connectivity index (χ1) is 9.27. The summed E-state index contributed by atoms with van der Waals surface area (Å²) in [6.45, 7) is 5.00. The number of rotatable bonds is 10. The number of unbranched alkanes of at least 4 members (excludes halogenated alkanes) is 1. The SMILES string of the molecule is CCCCOCCOC(CNC)c1ccc(Cl)cc1. The second-order valence-corrected chi connectivity index (χ2v) is 4.87. The van der Waals surface area contributed by atoms with Gasteiger partial charge in [-0.25, -0.2) is 0 Å². The van der Waals surface area contributed by atoms with Crippen molar-refractivity contribution in [3.8, 4) is 0 Å². The average molecular weight is 286 g/mol. The van der Waals surface area contributed by atoms with E-state index >= 15 is 0 Å². The van der Waals surface area contributed by atoms with Crippen molar-refractivity contribution in [3.63, 3.8) is 0 Å². The zero-order valence-electron chi connectivity index (χ0n) is 11.8. The van der Waals surface area contributed by atoms with Crippen LogP contribution in [0.15, 0.2) is 24.3 Å². The van der Waals surface area contributed by atoms with Crippen LogP contribution in [0.1, 0.15) is 31.4 Å². The lowest BCUT2D eigenvalue weighted by molar-refractivity contribution is 0.00430. The van der Waals surface area contributed by atoms with Crippen molar-refractivity contribution in [2.75, 3.05) is 33.4 Å². The molecule has 0 spiro atoms. The summed E-state index contributed by atoms with van der Waals surface area (Å²) in [7, 11) is 1.92. The van der Waals surface area contributed by atoms with E-state index in [4.69, 9.17) is 21.1 Å². The Bertz CT molecular complexity index is 329. The molecule has 1 aromatic carbocycles. The Hall–Kier alpha value is -0.610. The van der Waals surface area contributed by atoms with Crippen molar-refractivity contribution in [3.05, 3.63) is 34.9 Å². The smallest absolute Gasteiger partial charge is 0.0950 e. The van der Waals surface area contributed by atoms with Crippen molar-refractivity contribution < 1.29 is 9.47 Å². The third kappa shape index (κ3) is 6.92. The van der Waals surface area contributed by atoms with Crippen LogP contribution in [0.25, 0.3) is 0 Å². The van der Waals surface area contributed by atoms with Crippen LogP contribution in [0.4, 0.5) is 0 Å². The summed E-state index contributed by atoms with van der Waals surface area (Å²) in [5.41, 5.74) is 1.13. The second kappa shape index (κ2) is 10.2. The molecule has 0 heterocycles. The van der Waals surface area contributed by atoms with Crippen LogP contribution in [-0.4, -0.2) is 33.4 Å².